The number of hydrogen-bond donors (Lipinski definition) is 0. The quantitative estimate of drug-likeness (QED) is 0.338. The van der Waals surface area contributed by atoms with E-state index in [2.05, 4.69) is 4.74 Å². The van der Waals surface area contributed by atoms with Gasteiger partial charge in [0.1, 0.15) is 0 Å². The Kier molecular flexibility index (Phi) is 6.29. The second-order valence-corrected chi connectivity index (χ2v) is 4.76. The van der Waals surface area contributed by atoms with Crippen LogP contribution >= 0.6 is 0 Å². The summed E-state index contributed by atoms with van der Waals surface area (Å²) in [6, 6.07) is 0. The summed E-state index contributed by atoms with van der Waals surface area (Å²) in [5.41, 5.74) is -1.85. The Bertz CT molecular complexity index is 356. The fraction of sp³-hybridized carbons (Fsp3) is 0.769. The smallest absolute Gasteiger partial charge is 0.427 e. The van der Waals surface area contributed by atoms with Gasteiger partial charge in [0.05, 0.1) is 7.11 Å². The number of alkyl halides is 3. The Labute approximate surface area is 115 Å². The zero-order valence-electron chi connectivity index (χ0n) is 11.4. The molecule has 0 spiro atoms. The van der Waals surface area contributed by atoms with Crippen molar-refractivity contribution in [3.05, 3.63) is 11.5 Å². The van der Waals surface area contributed by atoms with Gasteiger partial charge < -0.3 is 9.64 Å². The number of carbonyl (C=O) groups is 1. The van der Waals surface area contributed by atoms with Gasteiger partial charge in [-0.1, -0.05) is 25.7 Å². The van der Waals surface area contributed by atoms with Gasteiger partial charge >= 0.3 is 12.1 Å². The number of nitrogens with zero attached hydrogens (tertiary/aromatic N) is 1. The molecule has 1 fully saturated rings. The van der Waals surface area contributed by atoms with E-state index >= 15 is 0 Å². The number of hydrogen-bond acceptors (Lipinski definition) is 3. The number of halogens is 4. The molecule has 1 aliphatic heterocycles. The number of ether oxygens (including phenoxy) is 1. The lowest BCUT2D eigenvalue weighted by molar-refractivity contribution is -0.149. The summed E-state index contributed by atoms with van der Waals surface area (Å²) in [6.07, 6.45) is -0.133. The summed E-state index contributed by atoms with van der Waals surface area (Å²) in [5, 5.41) is 0. The predicted octanol–water partition coefficient (Wildman–Crippen LogP) is 3.56. The average Bonchev–Trinajstić information content (AvgIpc) is 2.50. The zero-order valence-corrected chi connectivity index (χ0v) is 11.4. The highest BCUT2D eigenvalue weighted by Gasteiger charge is 2.44. The molecule has 3 nitrogen and oxygen atoms in total. The van der Waals surface area contributed by atoms with Gasteiger partial charge in [-0.25, -0.2) is 4.79 Å². The Hall–Kier alpha value is -1.27. The van der Waals surface area contributed by atoms with Crippen LogP contribution in [0, 0.1) is 0 Å². The number of rotatable bonds is 2. The van der Waals surface area contributed by atoms with Crippen molar-refractivity contribution in [3.8, 4) is 0 Å². The second kappa shape index (κ2) is 7.50. The van der Waals surface area contributed by atoms with E-state index in [0.29, 0.717) is 12.8 Å². The van der Waals surface area contributed by atoms with Gasteiger partial charge in [-0.05, 0) is 12.8 Å². The molecule has 0 aromatic carbocycles. The second-order valence-electron chi connectivity index (χ2n) is 4.76. The van der Waals surface area contributed by atoms with Crippen molar-refractivity contribution in [1.29, 1.82) is 0 Å². The van der Waals surface area contributed by atoms with E-state index in [0.717, 1.165) is 37.7 Å². The Morgan fingerprint density at radius 1 is 1.00 bits per heavy atom. The van der Waals surface area contributed by atoms with Crippen LogP contribution in [0.3, 0.4) is 0 Å². The summed E-state index contributed by atoms with van der Waals surface area (Å²) in [4.78, 5) is 12.2. The molecule has 116 valence electrons. The highest BCUT2D eigenvalue weighted by atomic mass is 19.4. The minimum Gasteiger partial charge on any atom is -0.465 e. The number of carbonyl (C=O) groups excluding carboxylic acids is 1. The first-order valence-corrected chi connectivity index (χ1v) is 6.68. The van der Waals surface area contributed by atoms with Crippen LogP contribution < -0.4 is 0 Å². The van der Waals surface area contributed by atoms with Crippen molar-refractivity contribution >= 4 is 5.97 Å². The SMILES string of the molecule is COC(=O)/C(=C(/F)N1CCCCCCCC1)C(F)(F)F. The largest absolute Gasteiger partial charge is 0.465 e. The molecule has 20 heavy (non-hydrogen) atoms. The molecular weight excluding hydrogens is 278 g/mol. The third-order valence-corrected chi connectivity index (χ3v) is 3.26. The Balaban J connectivity index is 3.01. The molecule has 0 atom stereocenters. The maximum absolute atomic E-state index is 14.1. The normalized spacial score (nSPS) is 19.6. The van der Waals surface area contributed by atoms with Crippen LogP contribution in [0.5, 0.6) is 0 Å². The molecule has 0 bridgehead atoms. The first-order valence-electron chi connectivity index (χ1n) is 6.68. The topological polar surface area (TPSA) is 29.5 Å². The van der Waals surface area contributed by atoms with Gasteiger partial charge in [-0.2, -0.15) is 17.6 Å². The van der Waals surface area contributed by atoms with Gasteiger partial charge in [0, 0.05) is 13.1 Å². The molecule has 0 unspecified atom stereocenters. The molecule has 0 aromatic heterocycles. The lowest BCUT2D eigenvalue weighted by Crippen LogP contribution is -2.31. The molecule has 0 aromatic rings. The molecule has 0 aliphatic carbocycles. The van der Waals surface area contributed by atoms with Crippen LogP contribution in [-0.4, -0.2) is 37.2 Å². The van der Waals surface area contributed by atoms with Crippen LogP contribution in [-0.2, 0) is 9.53 Å². The van der Waals surface area contributed by atoms with Crippen molar-refractivity contribution in [1.82, 2.24) is 4.90 Å². The zero-order chi connectivity index (χ0) is 15.2. The van der Waals surface area contributed by atoms with Crippen molar-refractivity contribution in [2.45, 2.75) is 44.7 Å². The molecule has 1 rings (SSSR count). The van der Waals surface area contributed by atoms with Crippen LogP contribution in [0.25, 0.3) is 0 Å². The molecule has 0 N–H and O–H groups in total. The van der Waals surface area contributed by atoms with Gasteiger partial charge in [-0.3, -0.25) is 0 Å². The van der Waals surface area contributed by atoms with Crippen LogP contribution in [0.2, 0.25) is 0 Å². The van der Waals surface area contributed by atoms with Gasteiger partial charge in [0.25, 0.3) is 0 Å². The third kappa shape index (κ3) is 4.68. The molecule has 1 saturated heterocycles. The molecule has 0 radical (unpaired) electrons. The standard InChI is InChI=1S/C13H19F4NO2/c1-20-12(19)10(13(15,16)17)11(14)18-8-6-4-2-3-5-7-9-18/h2-9H2,1H3/b11-10+. The molecule has 0 saturated carbocycles. The van der Waals surface area contributed by atoms with Crippen molar-refractivity contribution in [3.63, 3.8) is 0 Å². The molecule has 1 heterocycles. The number of methoxy groups -OCH3 is 1. The van der Waals surface area contributed by atoms with E-state index in [1.807, 2.05) is 0 Å². The molecular formula is C13H19F4NO2. The Morgan fingerprint density at radius 2 is 1.45 bits per heavy atom. The van der Waals surface area contributed by atoms with Crippen molar-refractivity contribution in [2.75, 3.05) is 20.2 Å². The summed E-state index contributed by atoms with van der Waals surface area (Å²) in [5.74, 6) is -3.21. The predicted molar refractivity (Wildman–Crippen MR) is 65.5 cm³/mol. The minimum atomic E-state index is -5.06. The van der Waals surface area contributed by atoms with E-state index in [-0.39, 0.29) is 13.1 Å². The van der Waals surface area contributed by atoms with Crippen LogP contribution in [0.15, 0.2) is 11.5 Å². The van der Waals surface area contributed by atoms with E-state index in [4.69, 9.17) is 0 Å². The van der Waals surface area contributed by atoms with Crippen molar-refractivity contribution < 1.29 is 27.1 Å². The van der Waals surface area contributed by atoms with Gasteiger partial charge in [0.15, 0.2) is 5.57 Å². The van der Waals surface area contributed by atoms with Gasteiger partial charge in [0.2, 0.25) is 5.95 Å². The maximum atomic E-state index is 14.1. The fourth-order valence-corrected chi connectivity index (χ4v) is 2.20. The average molecular weight is 297 g/mol. The van der Waals surface area contributed by atoms with Crippen molar-refractivity contribution in [2.24, 2.45) is 0 Å². The first-order chi connectivity index (χ1) is 9.38. The van der Waals surface area contributed by atoms with E-state index in [9.17, 15) is 22.4 Å². The summed E-state index contributed by atoms with van der Waals surface area (Å²) in [6.45, 7) is 0.366. The van der Waals surface area contributed by atoms with Gasteiger partial charge in [-0.15, -0.1) is 0 Å². The van der Waals surface area contributed by atoms with Crippen LogP contribution in [0.1, 0.15) is 38.5 Å². The lowest BCUT2D eigenvalue weighted by atomic mass is 10.1. The molecule has 0 amide bonds. The first kappa shape index (κ1) is 16.8. The highest BCUT2D eigenvalue weighted by molar-refractivity contribution is 5.90. The maximum Gasteiger partial charge on any atom is 0.427 e. The summed E-state index contributed by atoms with van der Waals surface area (Å²) < 4.78 is 56.6. The summed E-state index contributed by atoms with van der Waals surface area (Å²) >= 11 is 0. The van der Waals surface area contributed by atoms with E-state index < -0.39 is 23.7 Å². The van der Waals surface area contributed by atoms with Crippen LogP contribution in [0.4, 0.5) is 17.6 Å². The molecule has 7 heteroatoms. The lowest BCUT2D eigenvalue weighted by Gasteiger charge is -2.24. The Morgan fingerprint density at radius 3 is 1.85 bits per heavy atom. The minimum absolute atomic E-state index is 0.183. The summed E-state index contributed by atoms with van der Waals surface area (Å²) in [7, 11) is 0.805. The highest BCUT2D eigenvalue weighted by Crippen LogP contribution is 2.31. The van der Waals surface area contributed by atoms with E-state index in [1.54, 1.807) is 0 Å². The fourth-order valence-electron chi connectivity index (χ4n) is 2.20. The van der Waals surface area contributed by atoms with E-state index in [1.165, 1.54) is 0 Å². The third-order valence-electron chi connectivity index (χ3n) is 3.26. The molecule has 1 aliphatic rings. The monoisotopic (exact) mass is 297 g/mol. The number of esters is 1.